The lowest BCUT2D eigenvalue weighted by Crippen LogP contribution is -2.66. The predicted molar refractivity (Wildman–Crippen MR) is 211 cm³/mol. The van der Waals surface area contributed by atoms with E-state index >= 15 is 0 Å². The van der Waals surface area contributed by atoms with Crippen molar-refractivity contribution in [1.29, 1.82) is 0 Å². The second kappa shape index (κ2) is 18.3. The molecule has 0 aliphatic carbocycles. The lowest BCUT2D eigenvalue weighted by Gasteiger charge is -2.52. The van der Waals surface area contributed by atoms with E-state index in [1.807, 2.05) is 152 Å². The summed E-state index contributed by atoms with van der Waals surface area (Å²) in [6.07, 6.45) is -8.31. The molecule has 11 heteroatoms. The van der Waals surface area contributed by atoms with E-state index in [-0.39, 0.29) is 19.8 Å². The van der Waals surface area contributed by atoms with E-state index in [2.05, 4.69) is 0 Å². The average Bonchev–Trinajstić information content (AvgIpc) is 3.27. The van der Waals surface area contributed by atoms with Gasteiger partial charge in [-0.15, -0.1) is 0 Å². The van der Waals surface area contributed by atoms with Crippen LogP contribution in [0.15, 0.2) is 157 Å². The zero-order valence-electron chi connectivity index (χ0n) is 31.2. The third-order valence-corrected chi connectivity index (χ3v) is 11.7. The van der Waals surface area contributed by atoms with Gasteiger partial charge in [-0.3, -0.25) is 0 Å². The summed E-state index contributed by atoms with van der Waals surface area (Å²) in [4.78, 5) is 0.978. The second-order valence-corrected chi connectivity index (χ2v) is 15.7. The van der Waals surface area contributed by atoms with Crippen LogP contribution in [0.4, 0.5) is 0 Å². The quantitative estimate of drug-likeness (QED) is 0.137. The van der Waals surface area contributed by atoms with Crippen LogP contribution in [0.25, 0.3) is 0 Å². The van der Waals surface area contributed by atoms with Gasteiger partial charge in [0.2, 0.25) is 0 Å². The summed E-state index contributed by atoms with van der Waals surface area (Å²) in [5.41, 5.74) is 3.10. The van der Waals surface area contributed by atoms with Crippen molar-refractivity contribution in [3.05, 3.63) is 174 Å². The summed E-state index contributed by atoms with van der Waals surface area (Å²) in [5, 5.41) is 12.3. The first-order valence-electron chi connectivity index (χ1n) is 19.5. The van der Waals surface area contributed by atoms with E-state index < -0.39 is 73.1 Å². The number of aliphatic hydroxyl groups is 1. The molecule has 5 aromatic rings. The molecule has 12 atom stereocenters. The summed E-state index contributed by atoms with van der Waals surface area (Å²) in [6.45, 7) is 1.02. The van der Waals surface area contributed by atoms with Crippen molar-refractivity contribution in [2.45, 2.75) is 91.2 Å². The average molecular weight is 791 g/mol. The van der Waals surface area contributed by atoms with Crippen LogP contribution in [0.1, 0.15) is 34.8 Å². The van der Waals surface area contributed by atoms with Crippen LogP contribution in [0.3, 0.4) is 0 Å². The lowest BCUT2D eigenvalue weighted by molar-refractivity contribution is -0.389. The summed E-state index contributed by atoms with van der Waals surface area (Å²) >= 11 is 1.51. The monoisotopic (exact) mass is 790 g/mol. The smallest absolute Gasteiger partial charge is 0.187 e. The second-order valence-electron chi connectivity index (χ2n) is 14.5. The number of thioether (sulfide) groups is 1. The van der Waals surface area contributed by atoms with Crippen molar-refractivity contribution in [3.8, 4) is 0 Å². The number of ether oxygens (including phenoxy) is 9. The van der Waals surface area contributed by atoms with Gasteiger partial charge in [0.1, 0.15) is 54.3 Å². The molecule has 0 radical (unpaired) electrons. The summed E-state index contributed by atoms with van der Waals surface area (Å²) in [5.74, 6) is 0. The highest BCUT2D eigenvalue weighted by Crippen LogP contribution is 2.43. The minimum atomic E-state index is -1.26. The number of hydrogen-bond donors (Lipinski definition) is 1. The topological polar surface area (TPSA) is 103 Å². The van der Waals surface area contributed by atoms with Crippen molar-refractivity contribution in [2.24, 2.45) is 0 Å². The van der Waals surface area contributed by atoms with Gasteiger partial charge in [0.15, 0.2) is 18.9 Å². The Morgan fingerprint density at radius 1 is 0.509 bits per heavy atom. The molecule has 4 aliphatic heterocycles. The summed E-state index contributed by atoms with van der Waals surface area (Å²) < 4.78 is 59.7. The number of hydrogen-bond acceptors (Lipinski definition) is 11. The van der Waals surface area contributed by atoms with Gasteiger partial charge in [-0.2, -0.15) is 0 Å². The van der Waals surface area contributed by atoms with Crippen molar-refractivity contribution >= 4 is 11.8 Å². The molecule has 0 saturated carbocycles. The van der Waals surface area contributed by atoms with Gasteiger partial charge < -0.3 is 47.7 Å². The standard InChI is InChI=1S/C46H46O10S/c47-37-40(48-26-30-16-6-1-7-17-30)38-35(28-50-43(54-38)32-20-10-3-11-21-32)52-45(37)56-42-41(49-27-31-18-8-2-9-19-31)39-36(53-46(42)57-34-24-14-5-15-25-34)29-51-44(55-39)33-22-12-4-13-23-33/h1-25,35-47H,26-29H2/t35-,36-,37+,38-,39-,40-,41+,42+,43?,44?,45+,46-/m1/s1. The van der Waals surface area contributed by atoms with Crippen LogP contribution in [0.2, 0.25) is 0 Å². The molecular formula is C46H46O10S. The molecule has 0 spiro atoms. The minimum absolute atomic E-state index is 0.198. The first-order valence-corrected chi connectivity index (χ1v) is 20.4. The maximum atomic E-state index is 12.3. The molecule has 10 nitrogen and oxygen atoms in total. The Bertz CT molecular complexity index is 1960. The zero-order chi connectivity index (χ0) is 38.4. The van der Waals surface area contributed by atoms with Crippen LogP contribution in [-0.4, -0.2) is 78.9 Å². The van der Waals surface area contributed by atoms with Crippen molar-refractivity contribution in [2.75, 3.05) is 13.2 Å². The van der Waals surface area contributed by atoms with E-state index in [1.54, 1.807) is 0 Å². The highest BCUT2D eigenvalue weighted by atomic mass is 32.2. The first kappa shape index (κ1) is 38.6. The van der Waals surface area contributed by atoms with E-state index in [0.29, 0.717) is 6.61 Å². The molecule has 0 bridgehead atoms. The summed E-state index contributed by atoms with van der Waals surface area (Å²) in [7, 11) is 0. The van der Waals surface area contributed by atoms with E-state index in [0.717, 1.165) is 27.1 Å². The van der Waals surface area contributed by atoms with E-state index in [9.17, 15) is 5.11 Å². The zero-order valence-corrected chi connectivity index (χ0v) is 32.0. The molecule has 4 fully saturated rings. The number of fused-ring (bicyclic) bond motifs is 2. The molecule has 4 aliphatic rings. The van der Waals surface area contributed by atoms with Crippen LogP contribution < -0.4 is 0 Å². The highest BCUT2D eigenvalue weighted by molar-refractivity contribution is 7.99. The van der Waals surface area contributed by atoms with Gasteiger partial charge in [-0.1, -0.05) is 151 Å². The summed E-state index contributed by atoms with van der Waals surface area (Å²) in [6, 6.07) is 49.4. The maximum Gasteiger partial charge on any atom is 0.187 e. The molecule has 0 aromatic heterocycles. The third kappa shape index (κ3) is 9.05. The maximum absolute atomic E-state index is 12.3. The van der Waals surface area contributed by atoms with Crippen LogP contribution in [0.5, 0.6) is 0 Å². The first-order chi connectivity index (χ1) is 28.2. The lowest BCUT2D eigenvalue weighted by atomic mass is 9.96. The molecule has 4 saturated heterocycles. The van der Waals surface area contributed by atoms with E-state index in [1.165, 1.54) is 11.8 Å². The minimum Gasteiger partial charge on any atom is -0.385 e. The van der Waals surface area contributed by atoms with E-state index in [4.69, 9.17) is 42.6 Å². The fourth-order valence-corrected chi connectivity index (χ4v) is 8.86. The van der Waals surface area contributed by atoms with Crippen LogP contribution >= 0.6 is 11.8 Å². The number of benzene rings is 5. The molecule has 1 N–H and O–H groups in total. The third-order valence-electron chi connectivity index (χ3n) is 10.6. The van der Waals surface area contributed by atoms with Crippen molar-refractivity contribution in [3.63, 3.8) is 0 Å². The molecular weight excluding hydrogens is 745 g/mol. The van der Waals surface area contributed by atoms with Gasteiger partial charge in [0, 0.05) is 16.0 Å². The molecule has 296 valence electrons. The van der Waals surface area contributed by atoms with Gasteiger partial charge >= 0.3 is 0 Å². The largest absolute Gasteiger partial charge is 0.385 e. The van der Waals surface area contributed by atoms with Gasteiger partial charge in [-0.25, -0.2) is 0 Å². The van der Waals surface area contributed by atoms with Gasteiger partial charge in [0.05, 0.1) is 26.4 Å². The normalized spacial score (nSPS) is 32.5. The molecule has 57 heavy (non-hydrogen) atoms. The van der Waals surface area contributed by atoms with Crippen LogP contribution in [0, 0.1) is 0 Å². The molecule has 0 amide bonds. The van der Waals surface area contributed by atoms with Crippen molar-refractivity contribution in [1.82, 2.24) is 0 Å². The molecule has 4 heterocycles. The molecule has 9 rings (SSSR count). The predicted octanol–water partition coefficient (Wildman–Crippen LogP) is 7.37. The Morgan fingerprint density at radius 2 is 0.965 bits per heavy atom. The Balaban J connectivity index is 1.03. The Hall–Kier alpha value is -3.95. The van der Waals surface area contributed by atoms with Gasteiger partial charge in [0.25, 0.3) is 0 Å². The Kier molecular flexibility index (Phi) is 12.4. The Labute approximate surface area is 336 Å². The van der Waals surface area contributed by atoms with Crippen molar-refractivity contribution < 1.29 is 47.7 Å². The highest BCUT2D eigenvalue weighted by Gasteiger charge is 2.56. The van der Waals surface area contributed by atoms with Crippen LogP contribution in [-0.2, 0) is 55.8 Å². The number of aliphatic hydroxyl groups excluding tert-OH is 1. The number of rotatable bonds is 12. The Morgan fingerprint density at radius 3 is 1.51 bits per heavy atom. The molecule has 2 unspecified atom stereocenters. The molecule has 5 aromatic carbocycles. The SMILES string of the molecule is O[C@@H]1[C@H](O[C@H]2[C@@H](OCc3ccccc3)[C@@H]3OC(c4ccccc4)OC[C@H]3O[C@@H]2Sc2ccccc2)O[C@@H]2COC(c3ccccc3)O[C@H]2[C@@H]1OCc1ccccc1. The fraction of sp³-hybridized carbons (Fsp3) is 0.348. The fourth-order valence-electron chi connectivity index (χ4n) is 7.72. The van der Waals surface area contributed by atoms with Gasteiger partial charge in [-0.05, 0) is 23.3 Å².